The Balaban J connectivity index is 2.08. The monoisotopic (exact) mass is 388 g/mol. The smallest absolute Gasteiger partial charge is 0.00211 e. The molecule has 0 aliphatic carbocycles. The molecular formula is C25H26P2. The van der Waals surface area contributed by atoms with Crippen LogP contribution in [0, 0.1) is 6.92 Å². The predicted molar refractivity (Wildman–Crippen MR) is 129 cm³/mol. The van der Waals surface area contributed by atoms with Crippen LogP contribution in [-0.2, 0) is 6.42 Å². The molecule has 0 aliphatic heterocycles. The summed E-state index contributed by atoms with van der Waals surface area (Å²) in [7, 11) is 5.92. The van der Waals surface area contributed by atoms with Gasteiger partial charge in [-0.05, 0) is 74.2 Å². The normalized spacial score (nSPS) is 11.4. The van der Waals surface area contributed by atoms with Crippen LogP contribution in [0.15, 0.2) is 60.7 Å². The number of aryl methyl sites for hydroxylation is 2. The molecule has 0 N–H and O–H groups in total. The zero-order chi connectivity index (χ0) is 19.0. The molecule has 4 aromatic carbocycles. The van der Waals surface area contributed by atoms with Gasteiger partial charge in [0.05, 0.1) is 0 Å². The van der Waals surface area contributed by atoms with Crippen molar-refractivity contribution in [2.75, 3.05) is 0 Å². The predicted octanol–water partition coefficient (Wildman–Crippen LogP) is 6.31. The maximum absolute atomic E-state index is 2.96. The molecule has 0 fully saturated rings. The lowest BCUT2D eigenvalue weighted by Gasteiger charge is -2.18. The molecule has 2 heteroatoms. The third-order valence-electron chi connectivity index (χ3n) is 5.55. The minimum Gasteiger partial charge on any atom is -0.105 e. The van der Waals surface area contributed by atoms with Crippen molar-refractivity contribution in [3.63, 3.8) is 0 Å². The Hall–Kier alpha value is -1.74. The van der Waals surface area contributed by atoms with Gasteiger partial charge in [0.15, 0.2) is 0 Å². The maximum Gasteiger partial charge on any atom is -0.00211 e. The molecule has 0 bridgehead atoms. The van der Waals surface area contributed by atoms with Gasteiger partial charge in [-0.25, -0.2) is 0 Å². The van der Waals surface area contributed by atoms with Gasteiger partial charge in [0.2, 0.25) is 0 Å². The topological polar surface area (TPSA) is 0 Å². The van der Waals surface area contributed by atoms with Gasteiger partial charge >= 0.3 is 0 Å². The lowest BCUT2D eigenvalue weighted by Crippen LogP contribution is -2.06. The van der Waals surface area contributed by atoms with Crippen LogP contribution in [0.5, 0.6) is 0 Å². The van der Waals surface area contributed by atoms with Gasteiger partial charge in [0.25, 0.3) is 0 Å². The van der Waals surface area contributed by atoms with Gasteiger partial charge in [0, 0.05) is 0 Å². The molecule has 0 aliphatic rings. The highest BCUT2D eigenvalue weighted by molar-refractivity contribution is 7.29. The zero-order valence-electron chi connectivity index (χ0n) is 16.0. The summed E-state index contributed by atoms with van der Waals surface area (Å²) in [5.74, 6) is 0. The lowest BCUT2D eigenvalue weighted by molar-refractivity contribution is 0.799. The first-order valence-electron chi connectivity index (χ1n) is 9.70. The summed E-state index contributed by atoms with van der Waals surface area (Å²) in [6, 6.07) is 22.5. The molecule has 2 atom stereocenters. The molecule has 0 nitrogen and oxygen atoms in total. The first kappa shape index (κ1) is 18.6. The average Bonchev–Trinajstić information content (AvgIpc) is 2.67. The Bertz CT molecular complexity index is 1140. The van der Waals surface area contributed by atoms with E-state index < -0.39 is 0 Å². The summed E-state index contributed by atoms with van der Waals surface area (Å²) in [5.41, 5.74) is 5.47. The van der Waals surface area contributed by atoms with Gasteiger partial charge in [-0.1, -0.05) is 74.0 Å². The highest BCUT2D eigenvalue weighted by atomic mass is 31.0. The van der Waals surface area contributed by atoms with E-state index in [0.29, 0.717) is 0 Å². The quantitative estimate of drug-likeness (QED) is 0.359. The summed E-state index contributed by atoms with van der Waals surface area (Å²) in [6.45, 7) is 4.46. The van der Waals surface area contributed by atoms with E-state index in [4.69, 9.17) is 0 Å². The Morgan fingerprint density at radius 1 is 0.667 bits per heavy atom. The average molecular weight is 388 g/mol. The summed E-state index contributed by atoms with van der Waals surface area (Å²) >= 11 is 0. The Kier molecular flexibility index (Phi) is 5.32. The van der Waals surface area contributed by atoms with Crippen LogP contribution in [0.2, 0.25) is 0 Å². The van der Waals surface area contributed by atoms with E-state index in [0.717, 1.165) is 6.42 Å². The molecule has 0 saturated heterocycles. The fraction of sp³-hybridized carbons (Fsp3) is 0.200. The number of fused-ring (bicyclic) bond motifs is 2. The largest absolute Gasteiger partial charge is 0.105 e. The van der Waals surface area contributed by atoms with Gasteiger partial charge in [-0.3, -0.25) is 0 Å². The molecule has 0 saturated carbocycles. The standard InChI is InChI=1S/C25H26P2/c1-3-4-8-17-9-6-11-21-19(17)13-15-23(27)25(21)24-20-10-5-7-16(2)18(20)12-14-22(24)26/h5-7,9-15H,3-4,8,26-27H2,1-2H3. The zero-order valence-corrected chi connectivity index (χ0v) is 18.4. The minimum absolute atomic E-state index is 1.14. The highest BCUT2D eigenvalue weighted by Gasteiger charge is 2.15. The first-order chi connectivity index (χ1) is 13.1. The van der Waals surface area contributed by atoms with Crippen molar-refractivity contribution in [2.45, 2.75) is 33.1 Å². The second-order valence-corrected chi connectivity index (χ2v) is 8.59. The maximum atomic E-state index is 2.96. The highest BCUT2D eigenvalue weighted by Crippen LogP contribution is 2.35. The summed E-state index contributed by atoms with van der Waals surface area (Å²) < 4.78 is 0. The van der Waals surface area contributed by atoms with E-state index in [9.17, 15) is 0 Å². The SMILES string of the molecule is CCCCc1cccc2c(-c3c(P)ccc4c(C)cccc34)c(P)ccc12. The van der Waals surface area contributed by atoms with Crippen molar-refractivity contribution in [1.29, 1.82) is 0 Å². The van der Waals surface area contributed by atoms with Crippen LogP contribution in [0.3, 0.4) is 0 Å². The fourth-order valence-corrected chi connectivity index (χ4v) is 4.91. The van der Waals surface area contributed by atoms with E-state index in [-0.39, 0.29) is 0 Å². The molecule has 4 rings (SSSR count). The molecule has 0 amide bonds. The lowest BCUT2D eigenvalue weighted by atomic mass is 9.90. The molecule has 27 heavy (non-hydrogen) atoms. The van der Waals surface area contributed by atoms with Gasteiger partial charge in [-0.2, -0.15) is 0 Å². The molecule has 2 unspecified atom stereocenters. The van der Waals surface area contributed by atoms with Crippen LogP contribution in [0.1, 0.15) is 30.9 Å². The molecule has 0 heterocycles. The Morgan fingerprint density at radius 3 is 1.93 bits per heavy atom. The van der Waals surface area contributed by atoms with E-state index in [1.54, 1.807) is 0 Å². The van der Waals surface area contributed by atoms with E-state index in [1.165, 1.54) is 67.2 Å². The van der Waals surface area contributed by atoms with Crippen LogP contribution >= 0.6 is 18.5 Å². The fourth-order valence-electron chi connectivity index (χ4n) is 4.11. The summed E-state index contributed by atoms with van der Waals surface area (Å²) in [5, 5.41) is 7.92. The second kappa shape index (κ2) is 7.71. The van der Waals surface area contributed by atoms with Crippen LogP contribution in [0.4, 0.5) is 0 Å². The number of hydrogen-bond donors (Lipinski definition) is 0. The van der Waals surface area contributed by atoms with Crippen LogP contribution in [-0.4, -0.2) is 0 Å². The number of benzene rings is 4. The van der Waals surface area contributed by atoms with E-state index in [1.807, 2.05) is 0 Å². The molecule has 0 radical (unpaired) electrons. The molecule has 136 valence electrons. The van der Waals surface area contributed by atoms with E-state index in [2.05, 4.69) is 93.0 Å². The number of hydrogen-bond acceptors (Lipinski definition) is 0. The minimum atomic E-state index is 1.14. The van der Waals surface area contributed by atoms with Crippen molar-refractivity contribution in [1.82, 2.24) is 0 Å². The van der Waals surface area contributed by atoms with Crippen molar-refractivity contribution < 1.29 is 0 Å². The molecule has 0 aromatic heterocycles. The third kappa shape index (κ3) is 3.31. The van der Waals surface area contributed by atoms with Crippen LogP contribution in [0.25, 0.3) is 32.7 Å². The Labute approximate surface area is 166 Å². The number of unbranched alkanes of at least 4 members (excludes halogenated alkanes) is 1. The van der Waals surface area contributed by atoms with Crippen molar-refractivity contribution in [2.24, 2.45) is 0 Å². The van der Waals surface area contributed by atoms with E-state index >= 15 is 0 Å². The first-order valence-corrected chi connectivity index (χ1v) is 10.9. The summed E-state index contributed by atoms with van der Waals surface area (Å²) in [6.07, 6.45) is 3.61. The molecule has 4 aromatic rings. The van der Waals surface area contributed by atoms with Crippen LogP contribution < -0.4 is 10.6 Å². The third-order valence-corrected chi connectivity index (χ3v) is 6.51. The van der Waals surface area contributed by atoms with Crippen molar-refractivity contribution in [3.05, 3.63) is 71.8 Å². The molecule has 0 spiro atoms. The second-order valence-electron chi connectivity index (χ2n) is 7.35. The van der Waals surface area contributed by atoms with Gasteiger partial charge < -0.3 is 0 Å². The van der Waals surface area contributed by atoms with Crippen molar-refractivity contribution in [3.8, 4) is 11.1 Å². The van der Waals surface area contributed by atoms with Gasteiger partial charge in [-0.15, -0.1) is 18.5 Å². The number of rotatable bonds is 4. The van der Waals surface area contributed by atoms with Crippen molar-refractivity contribution >= 4 is 50.6 Å². The van der Waals surface area contributed by atoms with Gasteiger partial charge in [0.1, 0.15) is 0 Å². The summed E-state index contributed by atoms with van der Waals surface area (Å²) in [4.78, 5) is 0. The Morgan fingerprint density at radius 2 is 1.26 bits per heavy atom. The molecular weight excluding hydrogens is 362 g/mol.